The Morgan fingerprint density at radius 2 is 2.08 bits per heavy atom. The first kappa shape index (κ1) is 9.86. The molecular weight excluding hydrogens is 164 g/mol. The molecule has 0 unspecified atom stereocenters. The fourth-order valence-electron chi connectivity index (χ4n) is 1.25. The maximum atomic E-state index is 5.82. The van der Waals surface area contributed by atoms with Crippen molar-refractivity contribution in [2.24, 2.45) is 5.73 Å². The van der Waals surface area contributed by atoms with Crippen LogP contribution in [0.4, 0.5) is 5.69 Å². The van der Waals surface area contributed by atoms with E-state index in [9.17, 15) is 0 Å². The number of anilines is 1. The summed E-state index contributed by atoms with van der Waals surface area (Å²) in [7, 11) is 0. The predicted molar refractivity (Wildman–Crippen MR) is 54.7 cm³/mol. The van der Waals surface area contributed by atoms with Gasteiger partial charge in [-0.2, -0.15) is 0 Å². The smallest absolute Gasteiger partial charge is 0.120 e. The van der Waals surface area contributed by atoms with Crippen LogP contribution in [0.1, 0.15) is 18.1 Å². The van der Waals surface area contributed by atoms with Gasteiger partial charge in [0.05, 0.1) is 6.61 Å². The number of rotatable bonds is 3. The second-order valence-corrected chi connectivity index (χ2v) is 2.95. The average Bonchev–Trinajstić information content (AvgIpc) is 2.11. The first-order valence-corrected chi connectivity index (χ1v) is 4.41. The van der Waals surface area contributed by atoms with E-state index in [-0.39, 0.29) is 0 Å². The summed E-state index contributed by atoms with van der Waals surface area (Å²) in [6, 6.07) is 3.82. The van der Waals surface area contributed by atoms with Crippen LogP contribution in [0.15, 0.2) is 12.1 Å². The summed E-state index contributed by atoms with van der Waals surface area (Å²) in [5.74, 6) is 0.842. The third-order valence-electron chi connectivity index (χ3n) is 1.98. The molecule has 1 aromatic rings. The van der Waals surface area contributed by atoms with Crippen LogP contribution in [0, 0.1) is 6.92 Å². The summed E-state index contributed by atoms with van der Waals surface area (Å²) in [5, 5.41) is 0. The van der Waals surface area contributed by atoms with Crippen LogP contribution in [0.3, 0.4) is 0 Å². The molecule has 0 heterocycles. The van der Waals surface area contributed by atoms with E-state index in [2.05, 4.69) is 0 Å². The van der Waals surface area contributed by atoms with E-state index >= 15 is 0 Å². The summed E-state index contributed by atoms with van der Waals surface area (Å²) in [6.07, 6.45) is 0. The van der Waals surface area contributed by atoms with Crippen LogP contribution in [0.2, 0.25) is 0 Å². The van der Waals surface area contributed by atoms with Crippen molar-refractivity contribution in [2.45, 2.75) is 20.4 Å². The van der Waals surface area contributed by atoms with Crippen molar-refractivity contribution < 1.29 is 4.74 Å². The Morgan fingerprint density at radius 3 is 2.62 bits per heavy atom. The highest BCUT2D eigenvalue weighted by Gasteiger charge is 2.03. The highest BCUT2D eigenvalue weighted by molar-refractivity contribution is 5.56. The van der Waals surface area contributed by atoms with Gasteiger partial charge in [0.2, 0.25) is 0 Å². The summed E-state index contributed by atoms with van der Waals surface area (Å²) < 4.78 is 5.37. The standard InChI is InChI=1S/C10H16N2O/c1-3-13-9-4-7(2)10(12)8(5-9)6-11/h4-5H,3,6,11-12H2,1-2H3. The van der Waals surface area contributed by atoms with E-state index in [0.29, 0.717) is 13.2 Å². The zero-order chi connectivity index (χ0) is 9.84. The number of hydrogen-bond acceptors (Lipinski definition) is 3. The van der Waals surface area contributed by atoms with Crippen LogP contribution in [0.25, 0.3) is 0 Å². The Morgan fingerprint density at radius 1 is 1.38 bits per heavy atom. The number of benzene rings is 1. The topological polar surface area (TPSA) is 61.3 Å². The summed E-state index contributed by atoms with van der Waals surface area (Å²) in [4.78, 5) is 0. The van der Waals surface area contributed by atoms with Crippen LogP contribution < -0.4 is 16.2 Å². The lowest BCUT2D eigenvalue weighted by molar-refractivity contribution is 0.340. The molecule has 4 N–H and O–H groups in total. The number of aryl methyl sites for hydroxylation is 1. The molecule has 0 amide bonds. The zero-order valence-corrected chi connectivity index (χ0v) is 8.13. The molecule has 1 rings (SSSR count). The second kappa shape index (κ2) is 4.14. The Hall–Kier alpha value is -1.22. The monoisotopic (exact) mass is 180 g/mol. The summed E-state index contributed by atoms with van der Waals surface area (Å²) >= 11 is 0. The van der Waals surface area contributed by atoms with Gasteiger partial charge in [-0.25, -0.2) is 0 Å². The van der Waals surface area contributed by atoms with Crippen molar-refractivity contribution in [3.05, 3.63) is 23.3 Å². The van der Waals surface area contributed by atoms with Gasteiger partial charge < -0.3 is 16.2 Å². The molecule has 0 aliphatic rings. The van der Waals surface area contributed by atoms with Gasteiger partial charge in [-0.15, -0.1) is 0 Å². The van der Waals surface area contributed by atoms with Crippen LogP contribution in [-0.4, -0.2) is 6.61 Å². The minimum atomic E-state index is 0.452. The van der Waals surface area contributed by atoms with Gasteiger partial charge in [-0.1, -0.05) is 0 Å². The lowest BCUT2D eigenvalue weighted by Gasteiger charge is -2.10. The van der Waals surface area contributed by atoms with Gasteiger partial charge in [0.15, 0.2) is 0 Å². The van der Waals surface area contributed by atoms with Crippen molar-refractivity contribution in [3.8, 4) is 5.75 Å². The second-order valence-electron chi connectivity index (χ2n) is 2.95. The van der Waals surface area contributed by atoms with E-state index in [4.69, 9.17) is 16.2 Å². The summed E-state index contributed by atoms with van der Waals surface area (Å²) in [6.45, 7) is 5.02. The van der Waals surface area contributed by atoms with Crippen LogP contribution >= 0.6 is 0 Å². The number of hydrogen-bond donors (Lipinski definition) is 2. The molecule has 1 aromatic carbocycles. The predicted octanol–water partition coefficient (Wildman–Crippen LogP) is 1.43. The quantitative estimate of drug-likeness (QED) is 0.692. The Balaban J connectivity index is 3.06. The molecule has 72 valence electrons. The minimum Gasteiger partial charge on any atom is -0.494 e. The Bertz CT molecular complexity index is 297. The molecule has 0 spiro atoms. The molecular formula is C10H16N2O. The van der Waals surface area contributed by atoms with Gasteiger partial charge >= 0.3 is 0 Å². The molecule has 0 aliphatic heterocycles. The van der Waals surface area contributed by atoms with E-state index < -0.39 is 0 Å². The van der Waals surface area contributed by atoms with Crippen molar-refractivity contribution >= 4 is 5.69 Å². The maximum absolute atomic E-state index is 5.82. The molecule has 13 heavy (non-hydrogen) atoms. The first-order chi connectivity index (χ1) is 6.19. The zero-order valence-electron chi connectivity index (χ0n) is 8.13. The van der Waals surface area contributed by atoms with E-state index in [1.807, 2.05) is 26.0 Å². The van der Waals surface area contributed by atoms with Crippen LogP contribution in [-0.2, 0) is 6.54 Å². The average molecular weight is 180 g/mol. The largest absolute Gasteiger partial charge is 0.494 e. The van der Waals surface area contributed by atoms with Crippen LogP contribution in [0.5, 0.6) is 5.75 Å². The van der Waals surface area contributed by atoms with Gasteiger partial charge in [-0.05, 0) is 37.1 Å². The summed E-state index contributed by atoms with van der Waals surface area (Å²) in [5.41, 5.74) is 14.1. The molecule has 3 heteroatoms. The highest BCUT2D eigenvalue weighted by Crippen LogP contribution is 2.23. The molecule has 0 bridgehead atoms. The van der Waals surface area contributed by atoms with E-state index in [1.165, 1.54) is 0 Å². The molecule has 0 radical (unpaired) electrons. The van der Waals surface area contributed by atoms with Crippen molar-refractivity contribution in [1.82, 2.24) is 0 Å². The number of nitrogens with two attached hydrogens (primary N) is 2. The van der Waals surface area contributed by atoms with Gasteiger partial charge in [0.25, 0.3) is 0 Å². The molecule has 3 nitrogen and oxygen atoms in total. The van der Waals surface area contributed by atoms with Crippen molar-refractivity contribution in [1.29, 1.82) is 0 Å². The molecule has 0 aliphatic carbocycles. The lowest BCUT2D eigenvalue weighted by atomic mass is 10.1. The molecule has 0 aromatic heterocycles. The van der Waals surface area contributed by atoms with Gasteiger partial charge in [-0.3, -0.25) is 0 Å². The third-order valence-corrected chi connectivity index (χ3v) is 1.98. The lowest BCUT2D eigenvalue weighted by Crippen LogP contribution is -2.04. The van der Waals surface area contributed by atoms with Crippen molar-refractivity contribution in [3.63, 3.8) is 0 Å². The van der Waals surface area contributed by atoms with E-state index in [0.717, 1.165) is 22.6 Å². The highest BCUT2D eigenvalue weighted by atomic mass is 16.5. The number of nitrogen functional groups attached to an aromatic ring is 1. The minimum absolute atomic E-state index is 0.452. The normalized spacial score (nSPS) is 10.1. The fraction of sp³-hybridized carbons (Fsp3) is 0.400. The van der Waals surface area contributed by atoms with Crippen molar-refractivity contribution in [2.75, 3.05) is 12.3 Å². The number of ether oxygens (including phenoxy) is 1. The Kier molecular flexibility index (Phi) is 3.14. The Labute approximate surface area is 78.7 Å². The first-order valence-electron chi connectivity index (χ1n) is 4.41. The molecule has 0 fully saturated rings. The third kappa shape index (κ3) is 2.12. The molecule has 0 atom stereocenters. The van der Waals surface area contributed by atoms with E-state index in [1.54, 1.807) is 0 Å². The molecule has 0 saturated carbocycles. The molecule has 0 saturated heterocycles. The SMILES string of the molecule is CCOc1cc(C)c(N)c(CN)c1. The van der Waals surface area contributed by atoms with Gasteiger partial charge in [0, 0.05) is 12.2 Å². The maximum Gasteiger partial charge on any atom is 0.120 e. The fourth-order valence-corrected chi connectivity index (χ4v) is 1.25. The van der Waals surface area contributed by atoms with Gasteiger partial charge in [0.1, 0.15) is 5.75 Å².